The molecule has 4 heteroatoms. The lowest BCUT2D eigenvalue weighted by molar-refractivity contribution is -0.124. The van der Waals surface area contributed by atoms with Gasteiger partial charge in [-0.05, 0) is 36.6 Å². The van der Waals surface area contributed by atoms with Gasteiger partial charge in [-0.3, -0.25) is 9.59 Å². The molecule has 0 aromatic heterocycles. The van der Waals surface area contributed by atoms with Crippen LogP contribution in [-0.2, 0) is 9.59 Å². The van der Waals surface area contributed by atoms with E-state index in [9.17, 15) is 9.59 Å². The number of ether oxygens (including phenoxy) is 1. The van der Waals surface area contributed by atoms with E-state index in [-0.39, 0.29) is 18.1 Å². The molecule has 0 aliphatic rings. The minimum Gasteiger partial charge on any atom is -0.496 e. The van der Waals surface area contributed by atoms with Gasteiger partial charge in [-0.2, -0.15) is 0 Å². The zero-order valence-electron chi connectivity index (χ0n) is 11.2. The molecule has 1 amide bonds. The number of benzene rings is 1. The van der Waals surface area contributed by atoms with Gasteiger partial charge in [-0.15, -0.1) is 0 Å². The number of Topliss-reactive ketones (excluding diaryl/α,β-unsaturated/α-hetero) is 1. The topological polar surface area (TPSA) is 55.4 Å². The maximum absolute atomic E-state index is 11.5. The van der Waals surface area contributed by atoms with Crippen LogP contribution in [0.4, 0.5) is 5.69 Å². The third kappa shape index (κ3) is 3.87. The summed E-state index contributed by atoms with van der Waals surface area (Å²) < 4.78 is 5.26. The fourth-order valence-corrected chi connectivity index (χ4v) is 1.69. The Labute approximate surface area is 107 Å². The predicted octanol–water partition coefficient (Wildman–Crippen LogP) is 2.74. The van der Waals surface area contributed by atoms with Crippen LogP contribution in [-0.4, -0.2) is 18.8 Å². The van der Waals surface area contributed by atoms with Gasteiger partial charge in [-0.25, -0.2) is 0 Å². The number of hydrogen-bond acceptors (Lipinski definition) is 3. The highest BCUT2D eigenvalue weighted by molar-refractivity contribution is 6.03. The second kappa shape index (κ2) is 6.19. The number of anilines is 1. The summed E-state index contributed by atoms with van der Waals surface area (Å²) in [4.78, 5) is 22.3. The lowest BCUT2D eigenvalue weighted by Crippen LogP contribution is -2.15. The van der Waals surface area contributed by atoms with Gasteiger partial charge in [0.2, 0.25) is 5.91 Å². The summed E-state index contributed by atoms with van der Waals surface area (Å²) >= 11 is 0. The first-order chi connectivity index (χ1) is 8.43. The summed E-state index contributed by atoms with van der Waals surface area (Å²) in [7, 11) is 1.62. The number of ketones is 1. The van der Waals surface area contributed by atoms with E-state index in [4.69, 9.17) is 4.74 Å². The molecular weight excluding hydrogens is 230 g/mol. The van der Waals surface area contributed by atoms with Crippen LogP contribution in [0.3, 0.4) is 0 Å². The van der Waals surface area contributed by atoms with Crippen molar-refractivity contribution in [3.8, 4) is 5.75 Å². The van der Waals surface area contributed by atoms with Gasteiger partial charge in [0.05, 0.1) is 13.5 Å². The van der Waals surface area contributed by atoms with Gasteiger partial charge in [0, 0.05) is 5.69 Å². The van der Waals surface area contributed by atoms with E-state index in [1.165, 1.54) is 6.92 Å². The lowest BCUT2D eigenvalue weighted by Gasteiger charge is -2.14. The quantitative estimate of drug-likeness (QED) is 0.816. The van der Waals surface area contributed by atoms with E-state index in [2.05, 4.69) is 19.2 Å². The van der Waals surface area contributed by atoms with Crippen molar-refractivity contribution in [2.24, 2.45) is 0 Å². The number of hydrogen-bond donors (Lipinski definition) is 1. The number of methoxy groups -OCH3 is 1. The zero-order chi connectivity index (χ0) is 13.7. The maximum Gasteiger partial charge on any atom is 0.231 e. The Morgan fingerprint density at radius 2 is 2.00 bits per heavy atom. The highest BCUT2D eigenvalue weighted by atomic mass is 16.5. The highest BCUT2D eigenvalue weighted by Crippen LogP contribution is 2.29. The first-order valence-corrected chi connectivity index (χ1v) is 5.91. The Balaban J connectivity index is 2.88. The molecule has 4 nitrogen and oxygen atoms in total. The Kier molecular flexibility index (Phi) is 4.89. The number of nitrogens with one attached hydrogen (secondary N) is 1. The molecule has 0 unspecified atom stereocenters. The Morgan fingerprint density at radius 3 is 2.50 bits per heavy atom. The fraction of sp³-hybridized carbons (Fsp3) is 0.429. The lowest BCUT2D eigenvalue weighted by atomic mass is 10.0. The molecule has 0 aliphatic heterocycles. The van der Waals surface area contributed by atoms with Crippen molar-refractivity contribution < 1.29 is 14.3 Å². The molecule has 0 radical (unpaired) electrons. The van der Waals surface area contributed by atoms with Crippen LogP contribution in [0.2, 0.25) is 0 Å². The van der Waals surface area contributed by atoms with Crippen LogP contribution in [0, 0.1) is 0 Å². The van der Waals surface area contributed by atoms with Crippen molar-refractivity contribution in [3.63, 3.8) is 0 Å². The first-order valence-electron chi connectivity index (χ1n) is 5.91. The first kappa shape index (κ1) is 14.2. The summed E-state index contributed by atoms with van der Waals surface area (Å²) in [6, 6.07) is 5.46. The SMILES string of the molecule is COc1ccc(NC(=O)CC(C)=O)cc1C(C)C. The number of rotatable bonds is 5. The van der Waals surface area contributed by atoms with E-state index < -0.39 is 0 Å². The molecule has 18 heavy (non-hydrogen) atoms. The summed E-state index contributed by atoms with van der Waals surface area (Å²) in [5, 5.41) is 2.70. The average molecular weight is 249 g/mol. The Bertz CT molecular complexity index is 452. The van der Waals surface area contributed by atoms with Crippen molar-refractivity contribution in [2.45, 2.75) is 33.1 Å². The minimum atomic E-state index is -0.289. The van der Waals surface area contributed by atoms with Gasteiger partial charge in [0.1, 0.15) is 11.5 Å². The molecule has 0 atom stereocenters. The number of carbonyl (C=O) groups excluding carboxylic acids is 2. The fourth-order valence-electron chi connectivity index (χ4n) is 1.69. The molecule has 98 valence electrons. The zero-order valence-corrected chi connectivity index (χ0v) is 11.2. The minimum absolute atomic E-state index is 0.0942. The van der Waals surface area contributed by atoms with E-state index in [0.717, 1.165) is 11.3 Å². The molecule has 0 saturated heterocycles. The molecule has 0 heterocycles. The van der Waals surface area contributed by atoms with Crippen LogP contribution in [0.15, 0.2) is 18.2 Å². The smallest absolute Gasteiger partial charge is 0.231 e. The van der Waals surface area contributed by atoms with Crippen molar-refractivity contribution in [1.82, 2.24) is 0 Å². The Morgan fingerprint density at radius 1 is 1.33 bits per heavy atom. The molecule has 0 fully saturated rings. The second-order valence-electron chi connectivity index (χ2n) is 4.54. The molecule has 1 aromatic carbocycles. The van der Waals surface area contributed by atoms with Gasteiger partial charge < -0.3 is 10.1 Å². The largest absolute Gasteiger partial charge is 0.496 e. The van der Waals surface area contributed by atoms with Gasteiger partial charge in [-0.1, -0.05) is 13.8 Å². The van der Waals surface area contributed by atoms with Crippen LogP contribution in [0.1, 0.15) is 38.7 Å². The van der Waals surface area contributed by atoms with E-state index in [1.807, 2.05) is 12.1 Å². The van der Waals surface area contributed by atoms with Crippen molar-refractivity contribution in [2.75, 3.05) is 12.4 Å². The van der Waals surface area contributed by atoms with E-state index >= 15 is 0 Å². The molecule has 0 aliphatic carbocycles. The van der Waals surface area contributed by atoms with E-state index in [1.54, 1.807) is 13.2 Å². The summed E-state index contributed by atoms with van der Waals surface area (Å²) in [5.41, 5.74) is 1.71. The third-order valence-corrected chi connectivity index (χ3v) is 2.54. The third-order valence-electron chi connectivity index (χ3n) is 2.54. The molecule has 0 bridgehead atoms. The summed E-state index contributed by atoms with van der Waals surface area (Å²) in [6.45, 7) is 5.51. The van der Waals surface area contributed by atoms with E-state index in [0.29, 0.717) is 11.6 Å². The molecule has 0 saturated carbocycles. The number of amides is 1. The summed E-state index contributed by atoms with van der Waals surface area (Å²) in [5.74, 6) is 0.659. The monoisotopic (exact) mass is 249 g/mol. The van der Waals surface area contributed by atoms with Gasteiger partial charge >= 0.3 is 0 Å². The predicted molar refractivity (Wildman–Crippen MR) is 71.0 cm³/mol. The molecule has 1 rings (SSSR count). The summed E-state index contributed by atoms with van der Waals surface area (Å²) in [6.07, 6.45) is -0.0942. The van der Waals surface area contributed by atoms with Gasteiger partial charge in [0.25, 0.3) is 0 Å². The average Bonchev–Trinajstić information content (AvgIpc) is 2.27. The molecule has 1 N–H and O–H groups in total. The van der Waals surface area contributed by atoms with Crippen molar-refractivity contribution in [1.29, 1.82) is 0 Å². The van der Waals surface area contributed by atoms with Crippen LogP contribution >= 0.6 is 0 Å². The van der Waals surface area contributed by atoms with Gasteiger partial charge in [0.15, 0.2) is 0 Å². The van der Waals surface area contributed by atoms with Crippen LogP contribution in [0.25, 0.3) is 0 Å². The standard InChI is InChI=1S/C14H19NO3/c1-9(2)12-8-11(5-6-13(12)18-4)15-14(17)7-10(3)16/h5-6,8-9H,7H2,1-4H3,(H,15,17). The molecule has 1 aromatic rings. The van der Waals surface area contributed by atoms with Crippen molar-refractivity contribution in [3.05, 3.63) is 23.8 Å². The second-order valence-corrected chi connectivity index (χ2v) is 4.54. The molecular formula is C14H19NO3. The van der Waals surface area contributed by atoms with Crippen LogP contribution < -0.4 is 10.1 Å². The normalized spacial score (nSPS) is 10.3. The Hall–Kier alpha value is -1.84. The molecule has 0 spiro atoms. The highest BCUT2D eigenvalue weighted by Gasteiger charge is 2.10. The number of carbonyl (C=O) groups is 2. The van der Waals surface area contributed by atoms with Crippen molar-refractivity contribution >= 4 is 17.4 Å². The maximum atomic E-state index is 11.5. The van der Waals surface area contributed by atoms with Crippen LogP contribution in [0.5, 0.6) is 5.75 Å².